The van der Waals surface area contributed by atoms with E-state index in [9.17, 15) is 23.5 Å². The first-order valence-corrected chi connectivity index (χ1v) is 10.0. The number of nitrogens with zero attached hydrogens (tertiary/aromatic N) is 6. The van der Waals surface area contributed by atoms with Crippen molar-refractivity contribution in [2.75, 3.05) is 6.54 Å². The Morgan fingerprint density at radius 3 is 2.78 bits per heavy atom. The number of hydrogen-bond donors (Lipinski definition) is 1. The lowest BCUT2D eigenvalue weighted by Crippen LogP contribution is -2.54. The topological polar surface area (TPSA) is 114 Å². The molecule has 1 N–H and O–H groups in total. The Balaban J connectivity index is 1.65. The molecule has 1 amide bonds. The Bertz CT molecular complexity index is 1170. The lowest BCUT2D eigenvalue weighted by molar-refractivity contribution is -0.148. The van der Waals surface area contributed by atoms with Crippen LogP contribution < -0.4 is 0 Å². The molecule has 1 saturated heterocycles. The van der Waals surface area contributed by atoms with Crippen molar-refractivity contribution in [3.8, 4) is 5.69 Å². The molecule has 1 aliphatic heterocycles. The molecule has 3 aromatic heterocycles. The van der Waals surface area contributed by atoms with Gasteiger partial charge >= 0.3 is 5.97 Å². The van der Waals surface area contributed by atoms with E-state index in [0.29, 0.717) is 17.8 Å². The lowest BCUT2D eigenvalue weighted by Gasteiger charge is -2.34. The van der Waals surface area contributed by atoms with E-state index in [1.807, 2.05) is 0 Å². The summed E-state index contributed by atoms with van der Waals surface area (Å²) in [7, 11) is 0. The third kappa shape index (κ3) is 3.91. The summed E-state index contributed by atoms with van der Waals surface area (Å²) >= 11 is 6.08. The monoisotopic (exact) mass is 462 g/mol. The number of aliphatic carboxylic acids is 1. The van der Waals surface area contributed by atoms with Gasteiger partial charge in [0.25, 0.3) is 12.3 Å². The molecule has 32 heavy (non-hydrogen) atoms. The van der Waals surface area contributed by atoms with E-state index in [1.165, 1.54) is 34.1 Å². The summed E-state index contributed by atoms with van der Waals surface area (Å²) in [6.07, 6.45) is 0.658. The first kappa shape index (κ1) is 21.8. The molecule has 1 atom stereocenters. The zero-order valence-electron chi connectivity index (χ0n) is 16.5. The molecule has 0 spiro atoms. The predicted molar refractivity (Wildman–Crippen MR) is 108 cm³/mol. The summed E-state index contributed by atoms with van der Waals surface area (Å²) in [6, 6.07) is 7.04. The van der Waals surface area contributed by atoms with Crippen LogP contribution in [0, 0.1) is 0 Å². The maximum absolute atomic E-state index is 13.1. The van der Waals surface area contributed by atoms with E-state index in [-0.39, 0.29) is 30.2 Å². The minimum atomic E-state index is -2.85. The molecular weight excluding hydrogens is 446 g/mol. The van der Waals surface area contributed by atoms with Crippen molar-refractivity contribution in [1.29, 1.82) is 0 Å². The highest BCUT2D eigenvalue weighted by Crippen LogP contribution is 2.34. The van der Waals surface area contributed by atoms with Gasteiger partial charge in [0.05, 0.1) is 11.9 Å². The number of hydrogen-bond acceptors (Lipinski definition) is 6. The SMILES string of the molecule is O=C(c1cccc(C(F)F)n1)N1CCCC1(Cc1cn(-c2cccnc2Cl)nn1)C(=O)O. The summed E-state index contributed by atoms with van der Waals surface area (Å²) < 4.78 is 27.4. The van der Waals surface area contributed by atoms with Crippen LogP contribution in [0.15, 0.2) is 42.7 Å². The molecular formula is C20H17ClF2N6O3. The van der Waals surface area contributed by atoms with Gasteiger partial charge in [0.15, 0.2) is 5.15 Å². The van der Waals surface area contributed by atoms with Gasteiger partial charge in [0.2, 0.25) is 0 Å². The van der Waals surface area contributed by atoms with Gasteiger partial charge in [-0.3, -0.25) is 4.79 Å². The average Bonchev–Trinajstić information content (AvgIpc) is 3.42. The van der Waals surface area contributed by atoms with Crippen molar-refractivity contribution >= 4 is 23.5 Å². The lowest BCUT2D eigenvalue weighted by atomic mass is 9.90. The van der Waals surface area contributed by atoms with Gasteiger partial charge in [0, 0.05) is 19.2 Å². The third-order valence-corrected chi connectivity index (χ3v) is 5.64. The fraction of sp³-hybridized carbons (Fsp3) is 0.300. The quantitative estimate of drug-likeness (QED) is 0.560. The molecule has 0 saturated carbocycles. The Hall–Kier alpha value is -3.47. The van der Waals surface area contributed by atoms with Crippen LogP contribution in [0.25, 0.3) is 5.69 Å². The number of amides is 1. The number of halogens is 3. The Morgan fingerprint density at radius 1 is 1.25 bits per heavy atom. The zero-order valence-corrected chi connectivity index (χ0v) is 17.3. The molecule has 4 heterocycles. The fourth-order valence-corrected chi connectivity index (χ4v) is 4.04. The highest BCUT2D eigenvalue weighted by atomic mass is 35.5. The van der Waals surface area contributed by atoms with Gasteiger partial charge in [-0.1, -0.05) is 22.9 Å². The first-order valence-electron chi connectivity index (χ1n) is 9.64. The minimum Gasteiger partial charge on any atom is -0.479 e. The number of likely N-dealkylation sites (tertiary alicyclic amines) is 1. The van der Waals surface area contributed by atoms with Crippen LogP contribution in [0.2, 0.25) is 5.15 Å². The van der Waals surface area contributed by atoms with Crippen LogP contribution in [-0.2, 0) is 11.2 Å². The summed E-state index contributed by atoms with van der Waals surface area (Å²) in [5, 5.41) is 18.3. The van der Waals surface area contributed by atoms with E-state index in [1.54, 1.807) is 12.1 Å². The summed E-state index contributed by atoms with van der Waals surface area (Å²) in [6.45, 7) is 0.147. The molecule has 12 heteroatoms. The second-order valence-electron chi connectivity index (χ2n) is 7.29. The van der Waals surface area contributed by atoms with Crippen LogP contribution >= 0.6 is 11.6 Å². The van der Waals surface area contributed by atoms with Crippen LogP contribution in [0.4, 0.5) is 8.78 Å². The number of aromatic nitrogens is 5. The average molecular weight is 463 g/mol. The standard InChI is InChI=1S/C20H17ClF2N6O3/c21-16-15(6-2-8-24-16)29-11-12(26-27-29)10-20(19(31)32)7-3-9-28(20)18(30)14-5-1-4-13(25-14)17(22)23/h1-2,4-6,8,11,17H,3,7,9-10H2,(H,31,32). The van der Waals surface area contributed by atoms with E-state index in [2.05, 4.69) is 20.3 Å². The summed E-state index contributed by atoms with van der Waals surface area (Å²) in [5.41, 5.74) is -1.61. The normalized spacial score (nSPS) is 18.3. The van der Waals surface area contributed by atoms with Crippen molar-refractivity contribution in [1.82, 2.24) is 29.9 Å². The molecule has 1 fully saturated rings. The molecule has 0 radical (unpaired) electrons. The number of rotatable bonds is 6. The third-order valence-electron chi connectivity index (χ3n) is 5.35. The van der Waals surface area contributed by atoms with Crippen molar-refractivity contribution in [3.63, 3.8) is 0 Å². The van der Waals surface area contributed by atoms with Gasteiger partial charge in [0.1, 0.15) is 22.6 Å². The number of alkyl halides is 2. The van der Waals surface area contributed by atoms with E-state index in [0.717, 1.165) is 6.07 Å². The number of carbonyl (C=O) groups is 2. The van der Waals surface area contributed by atoms with Crippen LogP contribution in [0.5, 0.6) is 0 Å². The number of pyridine rings is 2. The molecule has 1 unspecified atom stereocenters. The molecule has 0 aromatic carbocycles. The van der Waals surface area contributed by atoms with Crippen LogP contribution in [0.3, 0.4) is 0 Å². The highest BCUT2D eigenvalue weighted by Gasteiger charge is 2.51. The van der Waals surface area contributed by atoms with Gasteiger partial charge < -0.3 is 10.0 Å². The summed E-state index contributed by atoms with van der Waals surface area (Å²) in [4.78, 5) is 34.3. The summed E-state index contributed by atoms with van der Waals surface area (Å²) in [5.74, 6) is -1.95. The first-order chi connectivity index (χ1) is 15.3. The molecule has 0 bridgehead atoms. The van der Waals surface area contributed by atoms with Gasteiger partial charge in [-0.25, -0.2) is 28.2 Å². The predicted octanol–water partition coefficient (Wildman–Crippen LogP) is 2.95. The minimum absolute atomic E-state index is 0.125. The van der Waals surface area contributed by atoms with Gasteiger partial charge in [-0.15, -0.1) is 5.10 Å². The van der Waals surface area contributed by atoms with E-state index >= 15 is 0 Å². The Morgan fingerprint density at radius 2 is 2.06 bits per heavy atom. The van der Waals surface area contributed by atoms with Gasteiger partial charge in [-0.2, -0.15) is 0 Å². The van der Waals surface area contributed by atoms with Gasteiger partial charge in [-0.05, 0) is 37.1 Å². The van der Waals surface area contributed by atoms with Crippen molar-refractivity contribution < 1.29 is 23.5 Å². The molecule has 4 rings (SSSR count). The van der Waals surface area contributed by atoms with E-state index < -0.39 is 29.5 Å². The number of carboxylic acids is 1. The Labute approximate surface area is 185 Å². The van der Waals surface area contributed by atoms with Crippen molar-refractivity contribution in [2.45, 2.75) is 31.2 Å². The number of carboxylic acid groups (broad SMARTS) is 1. The maximum Gasteiger partial charge on any atom is 0.330 e. The van der Waals surface area contributed by atoms with Crippen LogP contribution in [-0.4, -0.2) is 58.9 Å². The Kier molecular flexibility index (Phi) is 5.83. The van der Waals surface area contributed by atoms with Crippen molar-refractivity contribution in [3.05, 3.63) is 65.0 Å². The smallest absolute Gasteiger partial charge is 0.330 e. The molecule has 166 valence electrons. The molecule has 0 aliphatic carbocycles. The molecule has 3 aromatic rings. The van der Waals surface area contributed by atoms with Crippen LogP contribution in [0.1, 0.15) is 41.1 Å². The molecule has 9 nitrogen and oxygen atoms in total. The molecule has 1 aliphatic rings. The second kappa shape index (κ2) is 8.58. The largest absolute Gasteiger partial charge is 0.479 e. The van der Waals surface area contributed by atoms with Crippen molar-refractivity contribution in [2.24, 2.45) is 0 Å². The number of carbonyl (C=O) groups excluding carboxylic acids is 1. The highest BCUT2D eigenvalue weighted by molar-refractivity contribution is 6.31. The second-order valence-corrected chi connectivity index (χ2v) is 7.65. The zero-order chi connectivity index (χ0) is 22.9. The fourth-order valence-electron chi connectivity index (χ4n) is 3.83. The van der Waals surface area contributed by atoms with E-state index in [4.69, 9.17) is 11.6 Å². The maximum atomic E-state index is 13.1.